The van der Waals surface area contributed by atoms with Crippen molar-refractivity contribution in [3.8, 4) is 0 Å². The Kier molecular flexibility index (Phi) is 10.0. The predicted octanol–water partition coefficient (Wildman–Crippen LogP) is 2.37. The molecular formula is C12H23F3IN3OS. The lowest BCUT2D eigenvalue weighted by molar-refractivity contribution is -0.201. The number of thioether (sulfide) groups is 1. The molecule has 9 heteroatoms. The minimum atomic E-state index is -4.61. The largest absolute Gasteiger partial charge is 0.416 e. The van der Waals surface area contributed by atoms with E-state index in [1.54, 1.807) is 0 Å². The number of nitrogens with zero attached hydrogens (tertiary/aromatic N) is 1. The number of hydrogen-bond acceptors (Lipinski definition) is 3. The van der Waals surface area contributed by atoms with Gasteiger partial charge in [0.15, 0.2) is 12.1 Å². The molecule has 3 unspecified atom stereocenters. The maximum absolute atomic E-state index is 12.2. The lowest BCUT2D eigenvalue weighted by Crippen LogP contribution is -2.49. The van der Waals surface area contributed by atoms with Crippen LogP contribution >= 0.6 is 35.7 Å². The highest BCUT2D eigenvalue weighted by Crippen LogP contribution is 2.26. The van der Waals surface area contributed by atoms with E-state index in [4.69, 9.17) is 5.11 Å². The number of hydrogen-bond donors (Lipinski definition) is 3. The van der Waals surface area contributed by atoms with Gasteiger partial charge in [-0.2, -0.15) is 24.9 Å². The van der Waals surface area contributed by atoms with Gasteiger partial charge in [-0.15, -0.1) is 24.0 Å². The van der Waals surface area contributed by atoms with Crippen LogP contribution in [0, 0.1) is 0 Å². The molecule has 3 atom stereocenters. The summed E-state index contributed by atoms with van der Waals surface area (Å²) < 4.78 is 36.6. The second-order valence-corrected chi connectivity index (χ2v) is 6.01. The number of aliphatic imine (C=N–C) groups is 1. The molecule has 0 spiro atoms. The number of aliphatic hydroxyl groups excluding tert-OH is 1. The summed E-state index contributed by atoms with van der Waals surface area (Å²) in [5, 5.41) is 15.2. The number of alkyl halides is 3. The van der Waals surface area contributed by atoms with Crippen molar-refractivity contribution >= 4 is 41.7 Å². The van der Waals surface area contributed by atoms with Crippen LogP contribution in [0.2, 0.25) is 0 Å². The van der Waals surface area contributed by atoms with Crippen LogP contribution in [0.15, 0.2) is 4.99 Å². The third kappa shape index (κ3) is 7.78. The van der Waals surface area contributed by atoms with E-state index in [0.717, 1.165) is 19.3 Å². The van der Waals surface area contributed by atoms with E-state index in [1.165, 1.54) is 13.5 Å². The molecule has 3 N–H and O–H groups in total. The molecule has 1 aliphatic carbocycles. The Labute approximate surface area is 144 Å². The molecule has 4 nitrogen and oxygen atoms in total. The number of guanidine groups is 1. The quantitative estimate of drug-likeness (QED) is 0.356. The van der Waals surface area contributed by atoms with Crippen molar-refractivity contribution in [3.05, 3.63) is 0 Å². The predicted molar refractivity (Wildman–Crippen MR) is 91.5 cm³/mol. The van der Waals surface area contributed by atoms with Crippen molar-refractivity contribution in [2.45, 2.75) is 49.3 Å². The maximum Gasteiger partial charge on any atom is 0.416 e. The zero-order valence-corrected chi connectivity index (χ0v) is 15.3. The third-order valence-electron chi connectivity index (χ3n) is 3.36. The van der Waals surface area contributed by atoms with E-state index >= 15 is 0 Å². The van der Waals surface area contributed by atoms with Crippen molar-refractivity contribution in [3.63, 3.8) is 0 Å². The van der Waals surface area contributed by atoms with E-state index < -0.39 is 18.8 Å². The molecule has 0 aromatic rings. The van der Waals surface area contributed by atoms with Gasteiger partial charge in [0.25, 0.3) is 0 Å². The van der Waals surface area contributed by atoms with E-state index in [2.05, 4.69) is 21.9 Å². The highest BCUT2D eigenvalue weighted by molar-refractivity contribution is 14.0. The van der Waals surface area contributed by atoms with Gasteiger partial charge < -0.3 is 15.7 Å². The van der Waals surface area contributed by atoms with Gasteiger partial charge in [-0.05, 0) is 25.5 Å². The second-order valence-electron chi connectivity index (χ2n) is 4.88. The number of aliphatic hydroxyl groups is 1. The highest BCUT2D eigenvalue weighted by Gasteiger charge is 2.38. The van der Waals surface area contributed by atoms with Crippen molar-refractivity contribution < 1.29 is 18.3 Å². The fourth-order valence-corrected chi connectivity index (χ4v) is 3.01. The van der Waals surface area contributed by atoms with Gasteiger partial charge in [0, 0.05) is 18.3 Å². The topological polar surface area (TPSA) is 56.7 Å². The molecule has 0 aromatic carbocycles. The molecule has 21 heavy (non-hydrogen) atoms. The molecular weight excluding hydrogens is 418 g/mol. The monoisotopic (exact) mass is 441 g/mol. The van der Waals surface area contributed by atoms with Gasteiger partial charge in [0.1, 0.15) is 0 Å². The SMILES string of the molecule is CN=C(NCC(O)C(F)(F)F)NC1CCCC(SC)C1.I. The summed E-state index contributed by atoms with van der Waals surface area (Å²) in [6.45, 7) is -0.595. The summed E-state index contributed by atoms with van der Waals surface area (Å²) in [6.07, 6.45) is -0.681. The lowest BCUT2D eigenvalue weighted by Gasteiger charge is -2.30. The Balaban J connectivity index is 0.00000400. The number of rotatable bonds is 4. The molecule has 0 radical (unpaired) electrons. The smallest absolute Gasteiger partial charge is 0.382 e. The van der Waals surface area contributed by atoms with Crippen molar-refractivity contribution in [2.75, 3.05) is 19.8 Å². The molecule has 0 saturated heterocycles. The summed E-state index contributed by atoms with van der Waals surface area (Å²) in [7, 11) is 1.50. The Morgan fingerprint density at radius 3 is 2.62 bits per heavy atom. The van der Waals surface area contributed by atoms with E-state index in [1.807, 2.05) is 11.8 Å². The summed E-state index contributed by atoms with van der Waals surface area (Å²) in [5.74, 6) is 0.306. The highest BCUT2D eigenvalue weighted by atomic mass is 127. The summed E-state index contributed by atoms with van der Waals surface area (Å²) in [6, 6.07) is 0.218. The molecule has 1 fully saturated rings. The van der Waals surface area contributed by atoms with Crippen molar-refractivity contribution in [1.82, 2.24) is 10.6 Å². The molecule has 1 rings (SSSR count). The first kappa shape index (κ1) is 21.1. The Hall–Kier alpha value is 0.1000. The van der Waals surface area contributed by atoms with Crippen LogP contribution in [0.4, 0.5) is 13.2 Å². The number of halogens is 4. The molecule has 126 valence electrons. The van der Waals surface area contributed by atoms with Crippen LogP contribution in [-0.4, -0.2) is 54.5 Å². The van der Waals surface area contributed by atoms with E-state index in [9.17, 15) is 13.2 Å². The third-order valence-corrected chi connectivity index (χ3v) is 4.46. The van der Waals surface area contributed by atoms with Gasteiger partial charge in [-0.1, -0.05) is 6.42 Å². The van der Waals surface area contributed by atoms with Crippen LogP contribution in [0.3, 0.4) is 0 Å². The normalized spacial score (nSPS) is 25.0. The Morgan fingerprint density at radius 1 is 1.43 bits per heavy atom. The van der Waals surface area contributed by atoms with E-state index in [-0.39, 0.29) is 30.0 Å². The molecule has 1 saturated carbocycles. The fourth-order valence-electron chi connectivity index (χ4n) is 2.19. The van der Waals surface area contributed by atoms with Crippen LogP contribution in [0.25, 0.3) is 0 Å². The molecule has 0 bridgehead atoms. The first-order valence-corrected chi connectivity index (χ1v) is 7.90. The minimum Gasteiger partial charge on any atom is -0.382 e. The average molecular weight is 441 g/mol. The standard InChI is InChI=1S/C12H22F3N3OS.HI/c1-16-11(17-7-10(19)12(13,14)15)18-8-4-3-5-9(6-8)20-2;/h8-10,19H,3-7H2,1-2H3,(H2,16,17,18);1H. The zero-order valence-electron chi connectivity index (χ0n) is 12.1. The maximum atomic E-state index is 12.2. The Bertz CT molecular complexity index is 331. The minimum absolute atomic E-state index is 0. The first-order chi connectivity index (χ1) is 9.36. The molecule has 1 aliphatic rings. The molecule has 0 aliphatic heterocycles. The summed E-state index contributed by atoms with van der Waals surface area (Å²) in [5.41, 5.74) is 0. The molecule has 0 aromatic heterocycles. The molecule has 0 amide bonds. The van der Waals surface area contributed by atoms with Crippen LogP contribution in [0.1, 0.15) is 25.7 Å². The van der Waals surface area contributed by atoms with Gasteiger partial charge in [0.05, 0.1) is 6.54 Å². The van der Waals surface area contributed by atoms with Gasteiger partial charge in [-0.3, -0.25) is 4.99 Å². The average Bonchev–Trinajstić information content (AvgIpc) is 2.42. The summed E-state index contributed by atoms with van der Waals surface area (Å²) in [4.78, 5) is 3.90. The summed E-state index contributed by atoms with van der Waals surface area (Å²) >= 11 is 1.82. The fraction of sp³-hybridized carbons (Fsp3) is 0.917. The Morgan fingerprint density at radius 2 is 2.10 bits per heavy atom. The molecule has 0 heterocycles. The number of nitrogens with one attached hydrogen (secondary N) is 2. The second kappa shape index (κ2) is 9.98. The van der Waals surface area contributed by atoms with Gasteiger partial charge in [-0.25, -0.2) is 0 Å². The van der Waals surface area contributed by atoms with Crippen LogP contribution in [0.5, 0.6) is 0 Å². The van der Waals surface area contributed by atoms with Crippen molar-refractivity contribution in [1.29, 1.82) is 0 Å². The van der Waals surface area contributed by atoms with E-state index in [0.29, 0.717) is 11.2 Å². The lowest BCUT2D eigenvalue weighted by atomic mass is 9.95. The zero-order chi connectivity index (χ0) is 15.2. The van der Waals surface area contributed by atoms with Gasteiger partial charge >= 0.3 is 6.18 Å². The van der Waals surface area contributed by atoms with Crippen molar-refractivity contribution in [2.24, 2.45) is 4.99 Å². The first-order valence-electron chi connectivity index (χ1n) is 6.61. The van der Waals surface area contributed by atoms with Crippen LogP contribution in [-0.2, 0) is 0 Å². The van der Waals surface area contributed by atoms with Crippen LogP contribution < -0.4 is 10.6 Å². The van der Waals surface area contributed by atoms with Gasteiger partial charge in [0.2, 0.25) is 0 Å².